The van der Waals surface area contributed by atoms with Crippen molar-refractivity contribution in [3.05, 3.63) is 28.5 Å². The van der Waals surface area contributed by atoms with E-state index in [9.17, 15) is 4.79 Å². The van der Waals surface area contributed by atoms with Gasteiger partial charge in [0.25, 0.3) is 0 Å². The lowest BCUT2D eigenvalue weighted by atomic mass is 9.96. The van der Waals surface area contributed by atoms with Crippen LogP contribution in [0.15, 0.2) is 12.1 Å². The fraction of sp³-hybridized carbons (Fsp3) is 0.500. The number of aromatic nitrogens is 1. The van der Waals surface area contributed by atoms with Gasteiger partial charge in [0.05, 0.1) is 5.56 Å². The van der Waals surface area contributed by atoms with Crippen LogP contribution in [0, 0.1) is 0 Å². The molecule has 0 bridgehead atoms. The van der Waals surface area contributed by atoms with Crippen molar-refractivity contribution in [2.45, 2.75) is 38.7 Å². The molecule has 1 heterocycles. The van der Waals surface area contributed by atoms with Crippen molar-refractivity contribution in [3.8, 4) is 0 Å². The Bertz CT molecular complexity index is 402. The molecule has 0 unspecified atom stereocenters. The molecule has 3 nitrogen and oxygen atoms in total. The lowest BCUT2D eigenvalue weighted by molar-refractivity contribution is 0.00898. The van der Waals surface area contributed by atoms with Crippen LogP contribution in [0.3, 0.4) is 0 Å². The van der Waals surface area contributed by atoms with Gasteiger partial charge in [-0.15, -0.1) is 0 Å². The van der Waals surface area contributed by atoms with Gasteiger partial charge >= 0.3 is 5.97 Å². The van der Waals surface area contributed by atoms with E-state index in [-0.39, 0.29) is 12.1 Å². The summed E-state index contributed by atoms with van der Waals surface area (Å²) < 4.78 is 5.30. The van der Waals surface area contributed by atoms with Gasteiger partial charge in [-0.1, -0.05) is 18.5 Å². The largest absolute Gasteiger partial charge is 0.459 e. The fourth-order valence-corrected chi connectivity index (χ4v) is 1.78. The van der Waals surface area contributed by atoms with Crippen LogP contribution >= 0.6 is 11.6 Å². The Labute approximate surface area is 99.8 Å². The van der Waals surface area contributed by atoms with Crippen molar-refractivity contribution in [1.82, 2.24) is 4.98 Å². The molecule has 0 aromatic carbocycles. The molecule has 2 rings (SSSR count). The summed E-state index contributed by atoms with van der Waals surface area (Å²) in [6, 6.07) is 3.30. The van der Waals surface area contributed by atoms with E-state index in [4.69, 9.17) is 16.3 Å². The number of aryl methyl sites for hydroxylation is 1. The normalized spacial score (nSPS) is 15.6. The van der Waals surface area contributed by atoms with Crippen LogP contribution in [0.4, 0.5) is 0 Å². The highest BCUT2D eigenvalue weighted by atomic mass is 35.5. The van der Waals surface area contributed by atoms with Crippen molar-refractivity contribution >= 4 is 17.6 Å². The summed E-state index contributed by atoms with van der Waals surface area (Å²) in [6.45, 7) is 1.97. The first kappa shape index (κ1) is 11.4. The van der Waals surface area contributed by atoms with Gasteiger partial charge in [-0.2, -0.15) is 0 Å². The summed E-state index contributed by atoms with van der Waals surface area (Å²) in [6.07, 6.45) is 3.96. The number of ether oxygens (including phenoxy) is 1. The molecule has 1 aliphatic carbocycles. The number of carbonyl (C=O) groups excluding carboxylic acids is 1. The van der Waals surface area contributed by atoms with Gasteiger partial charge in [0, 0.05) is 5.69 Å². The Morgan fingerprint density at radius 2 is 2.31 bits per heavy atom. The van der Waals surface area contributed by atoms with Crippen molar-refractivity contribution < 1.29 is 9.53 Å². The monoisotopic (exact) mass is 239 g/mol. The molecular weight excluding hydrogens is 226 g/mol. The SMILES string of the molecule is CCc1cc(C(=O)OC2CCC2)cc(Cl)n1. The topological polar surface area (TPSA) is 39.2 Å². The van der Waals surface area contributed by atoms with E-state index < -0.39 is 0 Å². The molecule has 0 amide bonds. The highest BCUT2D eigenvalue weighted by molar-refractivity contribution is 6.29. The van der Waals surface area contributed by atoms with E-state index in [1.807, 2.05) is 6.92 Å². The molecule has 0 N–H and O–H groups in total. The van der Waals surface area contributed by atoms with Crippen molar-refractivity contribution in [2.24, 2.45) is 0 Å². The lowest BCUT2D eigenvalue weighted by Crippen LogP contribution is -2.25. The zero-order valence-electron chi connectivity index (χ0n) is 9.20. The Morgan fingerprint density at radius 3 is 2.88 bits per heavy atom. The molecule has 0 spiro atoms. The molecule has 0 atom stereocenters. The van der Waals surface area contributed by atoms with Gasteiger partial charge in [0.2, 0.25) is 0 Å². The van der Waals surface area contributed by atoms with Gasteiger partial charge in [-0.3, -0.25) is 0 Å². The molecule has 4 heteroatoms. The van der Waals surface area contributed by atoms with Gasteiger partial charge < -0.3 is 4.74 Å². The molecular formula is C12H14ClNO2. The maximum atomic E-state index is 11.8. The molecule has 0 radical (unpaired) electrons. The molecule has 1 fully saturated rings. The second-order valence-electron chi connectivity index (χ2n) is 3.98. The third kappa shape index (κ3) is 2.53. The van der Waals surface area contributed by atoms with Crippen molar-refractivity contribution in [3.63, 3.8) is 0 Å². The van der Waals surface area contributed by atoms with E-state index in [2.05, 4.69) is 4.98 Å². The number of carbonyl (C=O) groups is 1. The quantitative estimate of drug-likeness (QED) is 0.601. The molecule has 1 aromatic heterocycles. The van der Waals surface area contributed by atoms with Crippen LogP contribution in [-0.2, 0) is 11.2 Å². The summed E-state index contributed by atoms with van der Waals surface area (Å²) in [5.74, 6) is -0.288. The predicted octanol–water partition coefficient (Wildman–Crippen LogP) is 3.01. The van der Waals surface area contributed by atoms with Crippen LogP contribution in [-0.4, -0.2) is 17.1 Å². The first-order valence-electron chi connectivity index (χ1n) is 5.56. The highest BCUT2D eigenvalue weighted by Gasteiger charge is 2.22. The Morgan fingerprint density at radius 1 is 1.56 bits per heavy atom. The fourth-order valence-electron chi connectivity index (χ4n) is 1.56. The van der Waals surface area contributed by atoms with Crippen LogP contribution in [0.1, 0.15) is 42.2 Å². The average Bonchev–Trinajstić information content (AvgIpc) is 2.22. The van der Waals surface area contributed by atoms with Crippen LogP contribution in [0.2, 0.25) is 5.15 Å². The number of hydrogen-bond acceptors (Lipinski definition) is 3. The Hall–Kier alpha value is -1.09. The van der Waals surface area contributed by atoms with Crippen molar-refractivity contribution in [1.29, 1.82) is 0 Å². The minimum atomic E-state index is -0.288. The average molecular weight is 240 g/mol. The number of rotatable bonds is 3. The second-order valence-corrected chi connectivity index (χ2v) is 4.37. The van der Waals surface area contributed by atoms with Crippen LogP contribution < -0.4 is 0 Å². The molecule has 16 heavy (non-hydrogen) atoms. The van der Waals surface area contributed by atoms with Gasteiger partial charge in [-0.25, -0.2) is 9.78 Å². The van der Waals surface area contributed by atoms with E-state index in [0.29, 0.717) is 10.7 Å². The number of nitrogens with zero attached hydrogens (tertiary/aromatic N) is 1. The zero-order chi connectivity index (χ0) is 11.5. The van der Waals surface area contributed by atoms with E-state index >= 15 is 0 Å². The first-order chi connectivity index (χ1) is 7.69. The maximum Gasteiger partial charge on any atom is 0.338 e. The standard InChI is InChI=1S/C12H14ClNO2/c1-2-9-6-8(7-11(13)14-9)12(15)16-10-4-3-5-10/h6-7,10H,2-5H2,1H3. The van der Waals surface area contributed by atoms with Crippen LogP contribution in [0.5, 0.6) is 0 Å². The minimum Gasteiger partial charge on any atom is -0.459 e. The number of pyridine rings is 1. The number of hydrogen-bond donors (Lipinski definition) is 0. The smallest absolute Gasteiger partial charge is 0.338 e. The highest BCUT2D eigenvalue weighted by Crippen LogP contribution is 2.23. The molecule has 1 saturated carbocycles. The number of esters is 1. The summed E-state index contributed by atoms with van der Waals surface area (Å²) in [7, 11) is 0. The molecule has 0 aliphatic heterocycles. The maximum absolute atomic E-state index is 11.8. The van der Waals surface area contributed by atoms with Gasteiger partial charge in [0.15, 0.2) is 0 Å². The minimum absolute atomic E-state index is 0.101. The summed E-state index contributed by atoms with van der Waals surface area (Å²) in [5, 5.41) is 0.347. The Balaban J connectivity index is 2.11. The lowest BCUT2D eigenvalue weighted by Gasteiger charge is -2.25. The zero-order valence-corrected chi connectivity index (χ0v) is 9.96. The van der Waals surface area contributed by atoms with E-state index in [1.54, 1.807) is 12.1 Å². The van der Waals surface area contributed by atoms with Gasteiger partial charge in [-0.05, 0) is 37.8 Å². The molecule has 1 aromatic rings. The molecule has 0 saturated heterocycles. The van der Waals surface area contributed by atoms with Crippen LogP contribution in [0.25, 0.3) is 0 Å². The predicted molar refractivity (Wildman–Crippen MR) is 61.7 cm³/mol. The third-order valence-corrected chi connectivity index (χ3v) is 2.96. The Kier molecular flexibility index (Phi) is 3.44. The summed E-state index contributed by atoms with van der Waals surface area (Å²) in [4.78, 5) is 15.9. The van der Waals surface area contributed by atoms with Crippen molar-refractivity contribution in [2.75, 3.05) is 0 Å². The first-order valence-corrected chi connectivity index (χ1v) is 5.94. The van der Waals surface area contributed by atoms with Gasteiger partial charge in [0.1, 0.15) is 11.3 Å². The second kappa shape index (κ2) is 4.83. The summed E-state index contributed by atoms with van der Waals surface area (Å²) in [5.41, 5.74) is 1.32. The third-order valence-electron chi connectivity index (χ3n) is 2.77. The van der Waals surface area contributed by atoms with E-state index in [1.165, 1.54) is 0 Å². The van der Waals surface area contributed by atoms with E-state index in [0.717, 1.165) is 31.4 Å². The number of halogens is 1. The molecule has 86 valence electrons. The summed E-state index contributed by atoms with van der Waals surface area (Å²) >= 11 is 5.84. The molecule has 1 aliphatic rings.